The lowest BCUT2D eigenvalue weighted by Crippen LogP contribution is -2.38. The number of H-pyrrole nitrogens is 1. The number of methoxy groups -OCH3 is 3. The van der Waals surface area contributed by atoms with Crippen LogP contribution >= 0.6 is 12.2 Å². The maximum absolute atomic E-state index is 13.0. The van der Waals surface area contributed by atoms with Gasteiger partial charge in [-0.05, 0) is 63.5 Å². The third-order valence-electron chi connectivity index (χ3n) is 5.68. The number of rotatable bonds is 10. The van der Waals surface area contributed by atoms with Crippen LogP contribution in [0.5, 0.6) is 11.5 Å². The third kappa shape index (κ3) is 6.52. The quantitative estimate of drug-likeness (QED) is 0.313. The Kier molecular flexibility index (Phi) is 9.26. The molecular formula is C26H32N4O5S. The number of fused-ring (bicyclic) bond motifs is 1. The number of nitrogens with one attached hydrogen (secondary N) is 2. The first kappa shape index (κ1) is 27.0. The van der Waals surface area contributed by atoms with Gasteiger partial charge in [0.25, 0.3) is 5.56 Å². The van der Waals surface area contributed by atoms with Gasteiger partial charge in [-0.15, -0.1) is 0 Å². The Morgan fingerprint density at radius 1 is 1.03 bits per heavy atom. The lowest BCUT2D eigenvalue weighted by Gasteiger charge is -2.27. The van der Waals surface area contributed by atoms with Crippen LogP contribution in [0.1, 0.15) is 22.3 Å². The molecule has 1 heterocycles. The van der Waals surface area contributed by atoms with Gasteiger partial charge in [0.15, 0.2) is 16.6 Å². The zero-order valence-corrected chi connectivity index (χ0v) is 22.0. The summed E-state index contributed by atoms with van der Waals surface area (Å²) in [4.78, 5) is 32.1. The van der Waals surface area contributed by atoms with Crippen LogP contribution in [-0.2, 0) is 11.3 Å². The normalized spacial score (nSPS) is 10.8. The van der Waals surface area contributed by atoms with Crippen molar-refractivity contribution in [1.82, 2.24) is 14.8 Å². The number of anilines is 1. The molecule has 0 radical (unpaired) electrons. The molecule has 2 aromatic carbocycles. The predicted molar refractivity (Wildman–Crippen MR) is 145 cm³/mol. The minimum absolute atomic E-state index is 0.218. The first-order valence-electron chi connectivity index (χ1n) is 11.4. The van der Waals surface area contributed by atoms with E-state index in [4.69, 9.17) is 26.4 Å². The summed E-state index contributed by atoms with van der Waals surface area (Å²) in [6, 6.07) is 12.4. The van der Waals surface area contributed by atoms with Crippen LogP contribution < -0.4 is 20.3 Å². The number of ether oxygens (including phenoxy) is 3. The molecular weight excluding hydrogens is 480 g/mol. The van der Waals surface area contributed by atoms with Gasteiger partial charge in [-0.25, -0.2) is 4.79 Å². The second-order valence-corrected chi connectivity index (χ2v) is 8.85. The molecule has 0 fully saturated rings. The van der Waals surface area contributed by atoms with E-state index in [9.17, 15) is 9.59 Å². The number of pyridine rings is 1. The minimum Gasteiger partial charge on any atom is -0.493 e. The van der Waals surface area contributed by atoms with Gasteiger partial charge in [0.05, 0.1) is 44.6 Å². The summed E-state index contributed by atoms with van der Waals surface area (Å²) >= 11 is 5.73. The van der Waals surface area contributed by atoms with E-state index in [1.165, 1.54) is 7.11 Å². The van der Waals surface area contributed by atoms with Crippen molar-refractivity contribution in [3.8, 4) is 11.5 Å². The molecule has 9 nitrogen and oxygen atoms in total. The maximum atomic E-state index is 13.0. The van der Waals surface area contributed by atoms with Gasteiger partial charge >= 0.3 is 5.97 Å². The van der Waals surface area contributed by atoms with Crippen molar-refractivity contribution < 1.29 is 19.0 Å². The highest BCUT2D eigenvalue weighted by atomic mass is 32.1. The highest BCUT2D eigenvalue weighted by Crippen LogP contribution is 2.31. The van der Waals surface area contributed by atoms with Crippen molar-refractivity contribution in [2.75, 3.05) is 53.8 Å². The van der Waals surface area contributed by atoms with Crippen LogP contribution in [0, 0.1) is 0 Å². The summed E-state index contributed by atoms with van der Waals surface area (Å²) in [6.45, 7) is 1.73. The van der Waals surface area contributed by atoms with Crippen molar-refractivity contribution in [2.45, 2.75) is 13.0 Å². The summed E-state index contributed by atoms with van der Waals surface area (Å²) < 4.78 is 15.7. The van der Waals surface area contributed by atoms with Crippen LogP contribution in [0.2, 0.25) is 0 Å². The number of hydrogen-bond acceptors (Lipinski definition) is 7. The number of aromatic amines is 1. The smallest absolute Gasteiger partial charge is 0.339 e. The van der Waals surface area contributed by atoms with Gasteiger partial charge in [0, 0.05) is 23.6 Å². The number of hydrogen-bond donors (Lipinski definition) is 2. The monoisotopic (exact) mass is 512 g/mol. The zero-order valence-electron chi connectivity index (χ0n) is 21.2. The van der Waals surface area contributed by atoms with Gasteiger partial charge < -0.3 is 34.3 Å². The molecule has 0 bridgehead atoms. The molecule has 2 N–H and O–H groups in total. The van der Waals surface area contributed by atoms with Crippen molar-refractivity contribution >= 4 is 39.9 Å². The molecule has 0 aliphatic heterocycles. The first-order valence-corrected chi connectivity index (χ1v) is 11.8. The molecule has 192 valence electrons. The second kappa shape index (κ2) is 12.4. The number of benzene rings is 2. The van der Waals surface area contributed by atoms with Crippen molar-refractivity contribution in [3.05, 3.63) is 63.9 Å². The number of esters is 1. The molecule has 0 spiro atoms. The summed E-state index contributed by atoms with van der Waals surface area (Å²) in [5.74, 6) is 0.645. The Labute approximate surface area is 215 Å². The van der Waals surface area contributed by atoms with Gasteiger partial charge in [0.1, 0.15) is 0 Å². The Morgan fingerprint density at radius 2 is 1.72 bits per heavy atom. The first-order chi connectivity index (χ1) is 17.3. The lowest BCUT2D eigenvalue weighted by molar-refractivity contribution is 0.0602. The van der Waals surface area contributed by atoms with E-state index in [1.807, 2.05) is 37.2 Å². The van der Waals surface area contributed by atoms with Crippen LogP contribution in [0.25, 0.3) is 10.9 Å². The molecule has 0 unspecified atom stereocenters. The number of carbonyl (C=O) groups excluding carboxylic acids is 1. The van der Waals surface area contributed by atoms with Crippen molar-refractivity contribution in [1.29, 1.82) is 0 Å². The van der Waals surface area contributed by atoms with E-state index in [0.717, 1.165) is 18.4 Å². The van der Waals surface area contributed by atoms with Gasteiger partial charge in [0.2, 0.25) is 0 Å². The third-order valence-corrected chi connectivity index (χ3v) is 6.04. The molecule has 0 saturated carbocycles. The van der Waals surface area contributed by atoms with Gasteiger partial charge in [-0.2, -0.15) is 0 Å². The average Bonchev–Trinajstić information content (AvgIpc) is 2.87. The summed E-state index contributed by atoms with van der Waals surface area (Å²) in [5, 5.41) is 4.38. The highest BCUT2D eigenvalue weighted by Gasteiger charge is 2.18. The summed E-state index contributed by atoms with van der Waals surface area (Å²) in [6.07, 6.45) is 0.823. The molecule has 10 heteroatoms. The largest absolute Gasteiger partial charge is 0.493 e. The molecule has 0 aliphatic carbocycles. The molecule has 3 aromatic rings. The molecule has 0 aliphatic rings. The van der Waals surface area contributed by atoms with E-state index < -0.39 is 5.97 Å². The fourth-order valence-electron chi connectivity index (χ4n) is 3.81. The molecule has 3 rings (SSSR count). The number of para-hydroxylation sites is 1. The topological polar surface area (TPSA) is 96.1 Å². The van der Waals surface area contributed by atoms with E-state index in [0.29, 0.717) is 45.5 Å². The van der Waals surface area contributed by atoms with Crippen LogP contribution in [-0.4, -0.2) is 74.4 Å². The molecule has 0 amide bonds. The van der Waals surface area contributed by atoms with E-state index in [-0.39, 0.29) is 12.1 Å². The summed E-state index contributed by atoms with van der Waals surface area (Å²) in [7, 11) is 8.46. The SMILES string of the molecule is COC(=O)c1ccccc1NC(=S)N(CCCN(C)C)Cc1cc2cc(OC)c(OC)cc2[nH]c1=O. The molecule has 36 heavy (non-hydrogen) atoms. The van der Waals surface area contributed by atoms with E-state index in [2.05, 4.69) is 15.2 Å². The van der Waals surface area contributed by atoms with Crippen LogP contribution in [0.3, 0.4) is 0 Å². The van der Waals surface area contributed by atoms with E-state index in [1.54, 1.807) is 38.5 Å². The minimum atomic E-state index is -0.463. The summed E-state index contributed by atoms with van der Waals surface area (Å²) in [5.41, 5.74) is 1.89. The Bertz CT molecular complexity index is 1290. The van der Waals surface area contributed by atoms with Gasteiger partial charge in [-0.3, -0.25) is 4.79 Å². The van der Waals surface area contributed by atoms with Gasteiger partial charge in [-0.1, -0.05) is 12.1 Å². The molecule has 0 saturated heterocycles. The fraction of sp³-hybridized carbons (Fsp3) is 0.346. The number of carbonyl (C=O) groups is 1. The van der Waals surface area contributed by atoms with Crippen LogP contribution in [0.4, 0.5) is 5.69 Å². The highest BCUT2D eigenvalue weighted by molar-refractivity contribution is 7.80. The molecule has 1 aromatic heterocycles. The van der Waals surface area contributed by atoms with E-state index >= 15 is 0 Å². The fourth-order valence-corrected chi connectivity index (χ4v) is 4.07. The van der Waals surface area contributed by atoms with Crippen molar-refractivity contribution in [2.24, 2.45) is 0 Å². The standard InChI is InChI=1S/C26H32N4O5S/c1-29(2)11-8-12-30(26(36)28-20-10-7-6-9-19(20)25(32)35-5)16-18-13-17-14-22(33-3)23(34-4)15-21(17)27-24(18)31/h6-7,9-10,13-15H,8,11-12,16H2,1-5H3,(H,27,31)(H,28,36). The lowest BCUT2D eigenvalue weighted by atomic mass is 10.1. The number of aromatic nitrogens is 1. The predicted octanol–water partition coefficient (Wildman–Crippen LogP) is 3.48. The van der Waals surface area contributed by atoms with Crippen LogP contribution in [0.15, 0.2) is 47.3 Å². The maximum Gasteiger partial charge on any atom is 0.339 e. The second-order valence-electron chi connectivity index (χ2n) is 8.46. The Balaban J connectivity index is 1.92. The number of thiocarbonyl (C=S) groups is 1. The molecule has 0 atom stereocenters. The Hall–Kier alpha value is -3.63. The zero-order chi connectivity index (χ0) is 26.2. The average molecular weight is 513 g/mol. The number of nitrogens with zero attached hydrogens (tertiary/aromatic N) is 2. The van der Waals surface area contributed by atoms with Crippen molar-refractivity contribution in [3.63, 3.8) is 0 Å². The Morgan fingerprint density at radius 3 is 2.39 bits per heavy atom.